The molecule has 1 fully saturated rings. The number of hydrogen-bond acceptors (Lipinski definition) is 3. The van der Waals surface area contributed by atoms with Crippen molar-refractivity contribution in [1.29, 1.82) is 0 Å². The molecule has 1 rings (SSSR count). The summed E-state index contributed by atoms with van der Waals surface area (Å²) in [5.41, 5.74) is 5.83. The van der Waals surface area contributed by atoms with E-state index in [1.54, 1.807) is 0 Å². The fourth-order valence-corrected chi connectivity index (χ4v) is 2.75. The van der Waals surface area contributed by atoms with Crippen molar-refractivity contribution in [3.8, 4) is 0 Å². The lowest BCUT2D eigenvalue weighted by Crippen LogP contribution is -2.40. The van der Waals surface area contributed by atoms with Gasteiger partial charge in [-0.3, -0.25) is 0 Å². The molecule has 3 nitrogen and oxygen atoms in total. The second-order valence-corrected chi connectivity index (χ2v) is 5.89. The Morgan fingerprint density at radius 3 is 2.53 bits per heavy atom. The van der Waals surface area contributed by atoms with Crippen LogP contribution in [0.1, 0.15) is 71.1 Å². The highest BCUT2D eigenvalue weighted by Gasteiger charge is 2.16. The molecule has 0 bridgehead atoms. The number of nitrogens with two attached hydrogens (primary N) is 1. The molecule has 0 aromatic carbocycles. The van der Waals surface area contributed by atoms with Gasteiger partial charge in [-0.05, 0) is 19.3 Å². The van der Waals surface area contributed by atoms with E-state index in [0.717, 1.165) is 19.7 Å². The van der Waals surface area contributed by atoms with E-state index in [1.165, 1.54) is 64.2 Å². The molecule has 1 aliphatic heterocycles. The minimum absolute atomic E-state index is 0.433. The molecule has 2 atom stereocenters. The van der Waals surface area contributed by atoms with Gasteiger partial charge in [0.15, 0.2) is 0 Å². The molecule has 3 heteroatoms. The molecule has 1 aliphatic rings. The first kappa shape index (κ1) is 16.9. The summed E-state index contributed by atoms with van der Waals surface area (Å²) in [5.74, 6) is 0. The number of hydrogen-bond donors (Lipinski definition) is 2. The van der Waals surface area contributed by atoms with Crippen molar-refractivity contribution < 1.29 is 4.74 Å². The van der Waals surface area contributed by atoms with Gasteiger partial charge in [0, 0.05) is 25.7 Å². The molecular weight excluding hydrogens is 236 g/mol. The van der Waals surface area contributed by atoms with Crippen LogP contribution in [0.2, 0.25) is 0 Å². The molecule has 0 spiro atoms. The molecule has 2 unspecified atom stereocenters. The predicted molar refractivity (Wildman–Crippen MR) is 82.4 cm³/mol. The average molecular weight is 270 g/mol. The highest BCUT2D eigenvalue weighted by Crippen LogP contribution is 2.12. The zero-order valence-electron chi connectivity index (χ0n) is 12.8. The van der Waals surface area contributed by atoms with Crippen LogP contribution >= 0.6 is 0 Å². The Labute approximate surface area is 119 Å². The molecular formula is C16H34N2O. The summed E-state index contributed by atoms with van der Waals surface area (Å²) >= 11 is 0. The van der Waals surface area contributed by atoms with Crippen LogP contribution < -0.4 is 11.1 Å². The Balaban J connectivity index is 1.92. The Morgan fingerprint density at radius 2 is 1.89 bits per heavy atom. The van der Waals surface area contributed by atoms with Crippen molar-refractivity contribution in [2.75, 3.05) is 19.7 Å². The van der Waals surface area contributed by atoms with Crippen molar-refractivity contribution in [2.24, 2.45) is 5.73 Å². The Kier molecular flexibility index (Phi) is 10.4. The largest absolute Gasteiger partial charge is 0.377 e. The van der Waals surface area contributed by atoms with E-state index < -0.39 is 0 Å². The molecule has 19 heavy (non-hydrogen) atoms. The maximum atomic E-state index is 5.83. The van der Waals surface area contributed by atoms with E-state index in [1.807, 2.05) is 0 Å². The standard InChI is InChI=1S/C16H34N2O/c1-2-3-4-5-6-7-8-10-15(13-17)18-14-16-11-9-12-19-16/h15-16,18H,2-14,17H2,1H3. The third-order valence-corrected chi connectivity index (χ3v) is 4.10. The molecule has 0 amide bonds. The van der Waals surface area contributed by atoms with Gasteiger partial charge in [0.25, 0.3) is 0 Å². The number of unbranched alkanes of at least 4 members (excludes halogenated alkanes) is 6. The lowest BCUT2D eigenvalue weighted by molar-refractivity contribution is 0.107. The van der Waals surface area contributed by atoms with Crippen LogP contribution in [0.4, 0.5) is 0 Å². The van der Waals surface area contributed by atoms with Crippen molar-refractivity contribution in [3.05, 3.63) is 0 Å². The SMILES string of the molecule is CCCCCCCCCC(CN)NCC1CCCO1. The normalized spacial score (nSPS) is 20.8. The van der Waals surface area contributed by atoms with Crippen LogP contribution in [-0.4, -0.2) is 31.8 Å². The van der Waals surface area contributed by atoms with E-state index in [4.69, 9.17) is 10.5 Å². The molecule has 0 aromatic rings. The van der Waals surface area contributed by atoms with E-state index in [-0.39, 0.29) is 0 Å². The molecule has 1 heterocycles. The summed E-state index contributed by atoms with van der Waals surface area (Å²) in [5, 5.41) is 3.57. The van der Waals surface area contributed by atoms with Crippen molar-refractivity contribution in [3.63, 3.8) is 0 Å². The molecule has 3 N–H and O–H groups in total. The summed E-state index contributed by atoms with van der Waals surface area (Å²) in [7, 11) is 0. The fourth-order valence-electron chi connectivity index (χ4n) is 2.75. The van der Waals surface area contributed by atoms with Gasteiger partial charge in [0.2, 0.25) is 0 Å². The second-order valence-electron chi connectivity index (χ2n) is 5.89. The van der Waals surface area contributed by atoms with Crippen LogP contribution in [0.25, 0.3) is 0 Å². The topological polar surface area (TPSA) is 47.3 Å². The maximum absolute atomic E-state index is 5.83. The summed E-state index contributed by atoms with van der Waals surface area (Å²) in [6, 6.07) is 0.486. The highest BCUT2D eigenvalue weighted by atomic mass is 16.5. The van der Waals surface area contributed by atoms with Gasteiger partial charge in [0.1, 0.15) is 0 Å². The second kappa shape index (κ2) is 11.7. The first-order valence-corrected chi connectivity index (χ1v) is 8.41. The maximum Gasteiger partial charge on any atom is 0.0700 e. The quantitative estimate of drug-likeness (QED) is 0.535. The first-order valence-electron chi connectivity index (χ1n) is 8.41. The molecule has 114 valence electrons. The third kappa shape index (κ3) is 8.61. The zero-order valence-corrected chi connectivity index (χ0v) is 12.8. The van der Waals surface area contributed by atoms with Gasteiger partial charge < -0.3 is 15.8 Å². The molecule has 0 aromatic heterocycles. The summed E-state index contributed by atoms with van der Waals surface area (Å²) in [6.07, 6.45) is 13.7. The first-order chi connectivity index (χ1) is 9.36. The van der Waals surface area contributed by atoms with Crippen LogP contribution in [-0.2, 0) is 4.74 Å². The molecule has 0 saturated carbocycles. The monoisotopic (exact) mass is 270 g/mol. The van der Waals surface area contributed by atoms with Gasteiger partial charge >= 0.3 is 0 Å². The van der Waals surface area contributed by atoms with E-state index in [9.17, 15) is 0 Å². The van der Waals surface area contributed by atoms with Gasteiger partial charge in [-0.2, -0.15) is 0 Å². The smallest absolute Gasteiger partial charge is 0.0700 e. The van der Waals surface area contributed by atoms with Gasteiger partial charge in [0.05, 0.1) is 6.10 Å². The lowest BCUT2D eigenvalue weighted by atomic mass is 10.0. The fraction of sp³-hybridized carbons (Fsp3) is 1.00. The number of nitrogens with one attached hydrogen (secondary N) is 1. The van der Waals surface area contributed by atoms with Crippen LogP contribution in [0.3, 0.4) is 0 Å². The van der Waals surface area contributed by atoms with Crippen LogP contribution in [0.5, 0.6) is 0 Å². The highest BCUT2D eigenvalue weighted by molar-refractivity contribution is 4.73. The van der Waals surface area contributed by atoms with E-state index in [0.29, 0.717) is 12.1 Å². The third-order valence-electron chi connectivity index (χ3n) is 4.10. The Hall–Kier alpha value is -0.120. The number of ether oxygens (including phenoxy) is 1. The van der Waals surface area contributed by atoms with E-state index in [2.05, 4.69) is 12.2 Å². The summed E-state index contributed by atoms with van der Waals surface area (Å²) < 4.78 is 5.63. The minimum atomic E-state index is 0.433. The predicted octanol–water partition coefficient (Wildman–Crippen LogP) is 3.22. The van der Waals surface area contributed by atoms with Crippen molar-refractivity contribution in [2.45, 2.75) is 83.3 Å². The summed E-state index contributed by atoms with van der Waals surface area (Å²) in [6.45, 7) is 4.95. The van der Waals surface area contributed by atoms with Crippen LogP contribution in [0, 0.1) is 0 Å². The minimum Gasteiger partial charge on any atom is -0.377 e. The van der Waals surface area contributed by atoms with Gasteiger partial charge in [-0.15, -0.1) is 0 Å². The Bertz CT molecular complexity index is 193. The molecule has 0 aliphatic carbocycles. The molecule has 1 saturated heterocycles. The zero-order chi connectivity index (χ0) is 13.8. The molecule has 0 radical (unpaired) electrons. The van der Waals surface area contributed by atoms with Crippen molar-refractivity contribution >= 4 is 0 Å². The van der Waals surface area contributed by atoms with Gasteiger partial charge in [-0.25, -0.2) is 0 Å². The van der Waals surface area contributed by atoms with Crippen molar-refractivity contribution in [1.82, 2.24) is 5.32 Å². The number of rotatable bonds is 12. The summed E-state index contributed by atoms with van der Waals surface area (Å²) in [4.78, 5) is 0. The van der Waals surface area contributed by atoms with Crippen LogP contribution in [0.15, 0.2) is 0 Å². The Morgan fingerprint density at radius 1 is 1.16 bits per heavy atom. The lowest BCUT2D eigenvalue weighted by Gasteiger charge is -2.19. The van der Waals surface area contributed by atoms with E-state index >= 15 is 0 Å². The van der Waals surface area contributed by atoms with Gasteiger partial charge in [-0.1, -0.05) is 51.9 Å². The average Bonchev–Trinajstić information content (AvgIpc) is 2.94.